The van der Waals surface area contributed by atoms with Gasteiger partial charge < -0.3 is 10.0 Å². The number of hydrogen-bond acceptors (Lipinski definition) is 2. The van der Waals surface area contributed by atoms with Gasteiger partial charge in [-0.25, -0.2) is 0 Å². The van der Waals surface area contributed by atoms with Gasteiger partial charge in [0.1, 0.15) is 0 Å². The summed E-state index contributed by atoms with van der Waals surface area (Å²) in [5.41, 5.74) is 3.94. The van der Waals surface area contributed by atoms with Gasteiger partial charge in [0.05, 0.1) is 16.3 Å². The van der Waals surface area contributed by atoms with Crippen LogP contribution in [0.2, 0.25) is 10.0 Å². The molecule has 0 aromatic heterocycles. The Morgan fingerprint density at radius 3 is 2.37 bits per heavy atom. The van der Waals surface area contributed by atoms with Crippen LogP contribution in [0, 0.1) is 6.92 Å². The third kappa shape index (κ3) is 5.02. The first-order valence-electron chi connectivity index (χ1n) is 9.52. The molecule has 0 aliphatic carbocycles. The number of carbonyl (C=O) groups excluding carboxylic acids is 1. The fourth-order valence-corrected chi connectivity index (χ4v) is 3.88. The molecule has 1 amide bonds. The number of halogens is 2. The summed E-state index contributed by atoms with van der Waals surface area (Å²) in [4.78, 5) is 26.2. The summed E-state index contributed by atoms with van der Waals surface area (Å²) < 4.78 is 0. The summed E-state index contributed by atoms with van der Waals surface area (Å²) in [7, 11) is 0. The van der Waals surface area contributed by atoms with E-state index in [1.54, 1.807) is 17.0 Å². The molecule has 30 heavy (non-hydrogen) atoms. The molecular weight excluding hydrogens is 421 g/mol. The van der Waals surface area contributed by atoms with E-state index in [1.165, 1.54) is 6.07 Å². The van der Waals surface area contributed by atoms with E-state index < -0.39 is 5.97 Å². The molecule has 0 fully saturated rings. The molecule has 3 aromatic rings. The van der Waals surface area contributed by atoms with Gasteiger partial charge in [-0.05, 0) is 48.7 Å². The molecular formula is C24H21Cl2NO3. The van der Waals surface area contributed by atoms with Crippen molar-refractivity contribution in [1.82, 2.24) is 0 Å². The molecule has 0 bridgehead atoms. The number of aryl methyl sites for hydroxylation is 1. The third-order valence-corrected chi connectivity index (χ3v) is 5.33. The smallest absolute Gasteiger partial charge is 0.303 e. The second-order valence-corrected chi connectivity index (χ2v) is 7.76. The van der Waals surface area contributed by atoms with Gasteiger partial charge in [0.25, 0.3) is 5.91 Å². The molecule has 0 atom stereocenters. The number of aliphatic carboxylic acids is 1. The average Bonchev–Trinajstić information content (AvgIpc) is 2.71. The number of carbonyl (C=O) groups is 2. The molecule has 0 aliphatic heterocycles. The Hall–Kier alpha value is -2.82. The van der Waals surface area contributed by atoms with Crippen molar-refractivity contribution in [3.8, 4) is 11.1 Å². The topological polar surface area (TPSA) is 57.6 Å². The van der Waals surface area contributed by atoms with E-state index in [2.05, 4.69) is 0 Å². The molecule has 0 unspecified atom stereocenters. The van der Waals surface area contributed by atoms with Crippen molar-refractivity contribution in [3.05, 3.63) is 87.9 Å². The normalized spacial score (nSPS) is 10.6. The summed E-state index contributed by atoms with van der Waals surface area (Å²) in [6.45, 7) is 2.23. The maximum Gasteiger partial charge on any atom is 0.303 e. The van der Waals surface area contributed by atoms with Gasteiger partial charge in [0.15, 0.2) is 0 Å². The summed E-state index contributed by atoms with van der Waals surface area (Å²) in [6.07, 6.45) is 0.277. The lowest BCUT2D eigenvalue weighted by molar-refractivity contribution is -0.137. The van der Waals surface area contributed by atoms with Crippen molar-refractivity contribution in [1.29, 1.82) is 0 Å². The quantitative estimate of drug-likeness (QED) is 0.456. The predicted molar refractivity (Wildman–Crippen MR) is 122 cm³/mol. The molecule has 0 saturated heterocycles. The van der Waals surface area contributed by atoms with E-state index in [4.69, 9.17) is 28.3 Å². The van der Waals surface area contributed by atoms with Crippen LogP contribution in [0.5, 0.6) is 0 Å². The fraction of sp³-hybridized carbons (Fsp3) is 0.167. The first-order chi connectivity index (χ1) is 14.4. The molecule has 3 rings (SSSR count). The molecule has 154 valence electrons. The lowest BCUT2D eigenvalue weighted by Crippen LogP contribution is -2.33. The minimum absolute atomic E-state index is 0.0371. The molecule has 4 nitrogen and oxygen atoms in total. The number of nitrogens with zero attached hydrogens (tertiary/aromatic N) is 1. The van der Waals surface area contributed by atoms with Crippen LogP contribution in [-0.4, -0.2) is 23.5 Å². The highest BCUT2D eigenvalue weighted by molar-refractivity contribution is 6.37. The molecule has 6 heteroatoms. The van der Waals surface area contributed by atoms with E-state index >= 15 is 0 Å². The lowest BCUT2D eigenvalue weighted by atomic mass is 9.97. The highest BCUT2D eigenvalue weighted by atomic mass is 35.5. The van der Waals surface area contributed by atoms with Gasteiger partial charge in [-0.3, -0.25) is 9.59 Å². The van der Waals surface area contributed by atoms with Crippen LogP contribution in [-0.2, 0) is 4.79 Å². The summed E-state index contributed by atoms with van der Waals surface area (Å²) in [5, 5.41) is 9.76. The minimum Gasteiger partial charge on any atom is -0.481 e. The Bertz CT molecular complexity index is 1070. The van der Waals surface area contributed by atoms with Gasteiger partial charge in [-0.2, -0.15) is 0 Å². The second-order valence-electron chi connectivity index (χ2n) is 6.91. The monoisotopic (exact) mass is 441 g/mol. The molecule has 0 radical (unpaired) electrons. The number of benzene rings is 3. The first kappa shape index (κ1) is 21.9. The summed E-state index contributed by atoms with van der Waals surface area (Å²) >= 11 is 12.3. The SMILES string of the molecule is Cc1cccc(N(CCCC(=O)O)C(=O)c2ccc(Cl)cc2Cl)c1-c1ccccc1. The maximum atomic E-state index is 13.5. The van der Waals surface area contributed by atoms with Gasteiger partial charge >= 0.3 is 5.97 Å². The van der Waals surface area contributed by atoms with E-state index in [-0.39, 0.29) is 23.9 Å². The van der Waals surface area contributed by atoms with Crippen LogP contribution < -0.4 is 4.90 Å². The van der Waals surface area contributed by atoms with Gasteiger partial charge in [0, 0.05) is 23.6 Å². The second kappa shape index (κ2) is 9.79. The van der Waals surface area contributed by atoms with Crippen LogP contribution >= 0.6 is 23.2 Å². The van der Waals surface area contributed by atoms with Crippen LogP contribution in [0.1, 0.15) is 28.8 Å². The number of rotatable bonds is 7. The highest BCUT2D eigenvalue weighted by Gasteiger charge is 2.24. The number of carboxylic acid groups (broad SMARTS) is 1. The van der Waals surface area contributed by atoms with Gasteiger partial charge in [-0.15, -0.1) is 0 Å². The van der Waals surface area contributed by atoms with Crippen molar-refractivity contribution in [2.24, 2.45) is 0 Å². The largest absolute Gasteiger partial charge is 0.481 e. The Morgan fingerprint density at radius 2 is 1.70 bits per heavy atom. The molecule has 3 aromatic carbocycles. The highest BCUT2D eigenvalue weighted by Crippen LogP contribution is 2.35. The Kier molecular flexibility index (Phi) is 7.14. The first-order valence-corrected chi connectivity index (χ1v) is 10.3. The van der Waals surface area contributed by atoms with Crippen molar-refractivity contribution in [2.45, 2.75) is 19.8 Å². The van der Waals surface area contributed by atoms with Crippen LogP contribution in [0.4, 0.5) is 5.69 Å². The van der Waals surface area contributed by atoms with Crippen LogP contribution in [0.25, 0.3) is 11.1 Å². The summed E-state index contributed by atoms with van der Waals surface area (Å²) in [6, 6.07) is 20.3. The minimum atomic E-state index is -0.903. The fourth-order valence-electron chi connectivity index (χ4n) is 3.39. The Balaban J connectivity index is 2.10. The summed E-state index contributed by atoms with van der Waals surface area (Å²) in [5.74, 6) is -1.20. The van der Waals surface area contributed by atoms with Gasteiger partial charge in [0.2, 0.25) is 0 Å². The zero-order valence-electron chi connectivity index (χ0n) is 16.4. The predicted octanol–water partition coefficient (Wildman–Crippen LogP) is 6.48. The number of anilines is 1. The number of carboxylic acids is 1. The Labute approximate surface area is 185 Å². The van der Waals surface area contributed by atoms with E-state index in [0.29, 0.717) is 22.7 Å². The number of hydrogen-bond donors (Lipinski definition) is 1. The van der Waals surface area contributed by atoms with E-state index in [0.717, 1.165) is 16.7 Å². The van der Waals surface area contributed by atoms with Crippen LogP contribution in [0.15, 0.2) is 66.7 Å². The maximum absolute atomic E-state index is 13.5. The third-order valence-electron chi connectivity index (χ3n) is 4.78. The van der Waals surface area contributed by atoms with Crippen LogP contribution in [0.3, 0.4) is 0 Å². The van der Waals surface area contributed by atoms with Crippen molar-refractivity contribution >= 4 is 40.8 Å². The van der Waals surface area contributed by atoms with E-state index in [1.807, 2.05) is 55.5 Å². The molecule has 0 aliphatic rings. The molecule has 0 saturated carbocycles. The van der Waals surface area contributed by atoms with E-state index in [9.17, 15) is 9.59 Å². The van der Waals surface area contributed by atoms with Crippen molar-refractivity contribution in [3.63, 3.8) is 0 Å². The van der Waals surface area contributed by atoms with Gasteiger partial charge in [-0.1, -0.05) is 65.7 Å². The molecule has 0 heterocycles. The zero-order chi connectivity index (χ0) is 21.7. The standard InChI is InChI=1S/C24H21Cl2NO3/c1-16-7-5-10-21(23(16)17-8-3-2-4-9-17)27(14-6-11-22(28)29)24(30)19-13-12-18(25)15-20(19)26/h2-5,7-10,12-13,15H,6,11,14H2,1H3,(H,28,29). The lowest BCUT2D eigenvalue weighted by Gasteiger charge is -2.27. The molecule has 1 N–H and O–H groups in total. The van der Waals surface area contributed by atoms with Crippen molar-refractivity contribution < 1.29 is 14.7 Å². The van der Waals surface area contributed by atoms with Crippen molar-refractivity contribution in [2.75, 3.05) is 11.4 Å². The molecule has 0 spiro atoms. The number of amides is 1. The zero-order valence-corrected chi connectivity index (χ0v) is 18.0. The Morgan fingerprint density at radius 1 is 0.967 bits per heavy atom. The average molecular weight is 442 g/mol.